The first-order valence-corrected chi connectivity index (χ1v) is 43.6. The molecule has 35 heteroatoms. The van der Waals surface area contributed by atoms with Gasteiger partial charge >= 0.3 is 5.97 Å². The van der Waals surface area contributed by atoms with E-state index in [4.69, 9.17) is 25.1 Å². The summed E-state index contributed by atoms with van der Waals surface area (Å²) in [6.45, 7) is 23.3. The molecule has 0 aliphatic rings. The molecule has 3 unspecified atom stereocenters. The Bertz CT molecular complexity index is 2750. The van der Waals surface area contributed by atoms with Gasteiger partial charge in [-0.1, -0.05) is 85.4 Å². The predicted molar refractivity (Wildman–Crippen MR) is 423 cm³/mol. The number of sulfone groups is 4. The molecule has 0 saturated heterocycles. The second kappa shape index (κ2) is 61.8. The van der Waals surface area contributed by atoms with E-state index in [1.807, 2.05) is 70.8 Å². The Kier molecular flexibility index (Phi) is 66.5. The number of amides is 5. The fraction of sp³-hybridized carbons (Fsp3) is 0.882. The molecule has 103 heavy (non-hydrogen) atoms. The number of unbranched alkanes of at least 4 members (excludes halogenated alkanes) is 6. The molecule has 0 saturated carbocycles. The molecular weight excluding hydrogens is 1550 g/mol. The fourth-order valence-corrected chi connectivity index (χ4v) is 14.8. The number of halogens is 2. The van der Waals surface area contributed by atoms with Crippen molar-refractivity contribution in [3.05, 3.63) is 12.0 Å². The van der Waals surface area contributed by atoms with E-state index in [2.05, 4.69) is 74.5 Å². The number of hydrogen-bond acceptors (Lipinski definition) is 24. The van der Waals surface area contributed by atoms with Crippen molar-refractivity contribution in [2.24, 2.45) is 22.0 Å². The number of esters is 1. The van der Waals surface area contributed by atoms with Crippen LogP contribution in [0.25, 0.3) is 0 Å². The smallest absolute Gasteiger partial charge is 0.302 e. The van der Waals surface area contributed by atoms with E-state index in [-0.39, 0.29) is 115 Å². The van der Waals surface area contributed by atoms with Crippen LogP contribution in [0.3, 0.4) is 0 Å². The van der Waals surface area contributed by atoms with Crippen LogP contribution in [-0.2, 0) is 91.8 Å². The highest BCUT2D eigenvalue weighted by Gasteiger charge is 2.51. The topological polar surface area (TPSA) is 401 Å². The van der Waals surface area contributed by atoms with Crippen LogP contribution in [0.4, 0.5) is 0 Å². The highest BCUT2D eigenvalue weighted by Crippen LogP contribution is 2.47. The van der Waals surface area contributed by atoms with E-state index in [1.165, 1.54) is 42.5 Å². The van der Waals surface area contributed by atoms with E-state index < -0.39 is 64.2 Å². The summed E-state index contributed by atoms with van der Waals surface area (Å²) in [4.78, 5) is 83.1. The maximum absolute atomic E-state index is 14.3. The third-order valence-corrected chi connectivity index (χ3v) is 22.5. The first-order chi connectivity index (χ1) is 47.5. The molecule has 616 valence electrons. The number of rotatable bonds is 53. The molecule has 8 N–H and O–H groups in total. The van der Waals surface area contributed by atoms with Crippen molar-refractivity contribution in [2.75, 3.05) is 211 Å². The quantitative estimate of drug-likeness (QED) is 0.0249. The first-order valence-electron chi connectivity index (χ1n) is 34.9. The Balaban J connectivity index is -0.000000390. The molecule has 0 bridgehead atoms. The Morgan fingerprint density at radius 1 is 0.427 bits per heavy atom. The number of ether oxygens (including phenoxy) is 5. The fourth-order valence-electron chi connectivity index (χ4n) is 9.54. The molecule has 0 radical (unpaired) electrons. The molecule has 0 aromatic rings. The van der Waals surface area contributed by atoms with Gasteiger partial charge in [-0.3, -0.25) is 28.8 Å². The number of aliphatic hydroxyl groups excluding tert-OH is 1. The first kappa shape index (κ1) is 111. The van der Waals surface area contributed by atoms with Crippen LogP contribution in [0, 0.1) is 16.2 Å². The van der Waals surface area contributed by atoms with Crippen molar-refractivity contribution >= 4 is 107 Å². The summed E-state index contributed by atoms with van der Waals surface area (Å²) < 4.78 is 112. The lowest BCUT2D eigenvalue weighted by atomic mass is 9.63. The number of nitrogens with one attached hydrogen (secondary N) is 5. The Labute approximate surface area is 639 Å². The van der Waals surface area contributed by atoms with Crippen LogP contribution in [-0.4, -0.2) is 308 Å². The molecule has 5 amide bonds. The zero-order valence-electron chi connectivity index (χ0n) is 66.5. The molecule has 0 fully saturated rings. The lowest BCUT2D eigenvalue weighted by Gasteiger charge is -2.43. The van der Waals surface area contributed by atoms with E-state index in [9.17, 15) is 62.4 Å². The summed E-state index contributed by atoms with van der Waals surface area (Å²) in [6.07, 6.45) is 9.00. The van der Waals surface area contributed by atoms with Crippen LogP contribution >= 0.6 is 31.9 Å². The van der Waals surface area contributed by atoms with Crippen LogP contribution in [0.5, 0.6) is 0 Å². The Hall–Kier alpha value is -3.04. The highest BCUT2D eigenvalue weighted by molar-refractivity contribution is 9.10. The van der Waals surface area contributed by atoms with Gasteiger partial charge in [0.05, 0.1) is 78.1 Å². The van der Waals surface area contributed by atoms with Crippen molar-refractivity contribution < 1.29 is 91.2 Å². The number of carbonyl (C=O) groups is 6. The van der Waals surface area contributed by atoms with Gasteiger partial charge < -0.3 is 75.8 Å². The second-order valence-corrected chi connectivity index (χ2v) is 40.3. The normalized spacial score (nSPS) is 13.5. The second-order valence-electron chi connectivity index (χ2n) is 27.6. The van der Waals surface area contributed by atoms with Gasteiger partial charge in [0, 0.05) is 96.8 Å². The summed E-state index contributed by atoms with van der Waals surface area (Å²) in [6, 6.07) is 0. The lowest BCUT2D eigenvalue weighted by molar-refractivity contribution is -0.142. The minimum Gasteiger partial charge on any atom is -0.469 e. The number of nitrogens with two attached hydrogens (primary N) is 1. The molecule has 0 spiro atoms. The molecule has 3 atom stereocenters. The number of aliphatic hydroxyl groups is 1. The van der Waals surface area contributed by atoms with Crippen molar-refractivity contribution in [1.29, 1.82) is 0 Å². The van der Waals surface area contributed by atoms with E-state index in [0.29, 0.717) is 78.0 Å². The number of hydrogen-bond donors (Lipinski definition) is 7. The molecule has 0 aromatic carbocycles. The van der Waals surface area contributed by atoms with Gasteiger partial charge in [-0.2, -0.15) is 0 Å². The van der Waals surface area contributed by atoms with E-state index in [0.717, 1.165) is 77.1 Å². The van der Waals surface area contributed by atoms with Crippen LogP contribution in [0.15, 0.2) is 12.0 Å². The van der Waals surface area contributed by atoms with Crippen LogP contribution in [0.1, 0.15) is 152 Å². The van der Waals surface area contributed by atoms with Crippen LogP contribution < -0.4 is 32.3 Å². The zero-order chi connectivity index (χ0) is 81.2. The highest BCUT2D eigenvalue weighted by atomic mass is 79.9. The molecule has 0 aliphatic heterocycles. The maximum Gasteiger partial charge on any atom is 0.302 e. The van der Waals surface area contributed by atoms with E-state index in [1.54, 1.807) is 34.6 Å². The maximum atomic E-state index is 14.3. The monoisotopic (exact) mass is 1690 g/mol. The summed E-state index contributed by atoms with van der Waals surface area (Å²) in [5, 5.41) is 22.9. The predicted octanol–water partition coefficient (Wildman–Crippen LogP) is 4.56. The summed E-state index contributed by atoms with van der Waals surface area (Å²) in [7, 11) is 8.00. The summed E-state index contributed by atoms with van der Waals surface area (Å²) >= 11 is 6.95. The average molecular weight is 1690 g/mol. The van der Waals surface area contributed by atoms with Gasteiger partial charge in [-0.15, -0.1) is 0 Å². The minimum atomic E-state index is -3.18. The van der Waals surface area contributed by atoms with Gasteiger partial charge in [0.1, 0.15) is 4.32 Å². The van der Waals surface area contributed by atoms with Gasteiger partial charge in [0.2, 0.25) is 29.5 Å². The largest absolute Gasteiger partial charge is 0.469 e. The zero-order valence-corrected chi connectivity index (χ0v) is 73.0. The van der Waals surface area contributed by atoms with E-state index >= 15 is 0 Å². The molecule has 0 aromatic heterocycles. The van der Waals surface area contributed by atoms with Crippen molar-refractivity contribution in [1.82, 2.24) is 41.3 Å². The average Bonchev–Trinajstić information content (AvgIpc) is 0.773. The molecule has 0 heterocycles. The molecule has 0 rings (SSSR count). The summed E-state index contributed by atoms with van der Waals surface area (Å²) in [5.74, 6) is -0.525. The SMILES string of the molecule is C=CS(=O)(=O)CCOC.CO.COC(C)=O.COCCS(=O)(=O)CCCCCN.COCCS(=O)(=O)CCCCCNC(=O)C(C)(C)Br.COCCS(=O)(=O)CCCCCNC(=O)C(C)(C)CC(C)(CC(C)(CC(C)(Br)C(=O)NCCCN(C)C)C(=O)NCCCN(C)C)C(=O)NCCCN(C)C. The third-order valence-electron chi connectivity index (χ3n) is 15.2. The number of nitrogens with zero attached hydrogens (tertiary/aromatic N) is 3. The third kappa shape index (κ3) is 66.9. The number of alkyl halides is 2. The van der Waals surface area contributed by atoms with Gasteiger partial charge in [-0.05, 0) is 166 Å². The lowest BCUT2D eigenvalue weighted by Crippen LogP contribution is -2.53. The number of carbonyl (C=O) groups excluding carboxylic acids is 6. The van der Waals surface area contributed by atoms with Gasteiger partial charge in [-0.25, -0.2) is 33.7 Å². The Morgan fingerprint density at radius 3 is 1.02 bits per heavy atom. The van der Waals surface area contributed by atoms with Crippen molar-refractivity contribution in [3.8, 4) is 0 Å². The molecule has 29 nitrogen and oxygen atoms in total. The van der Waals surface area contributed by atoms with Gasteiger partial charge in [0.15, 0.2) is 39.3 Å². The van der Waals surface area contributed by atoms with Crippen molar-refractivity contribution in [3.63, 3.8) is 0 Å². The minimum absolute atomic E-state index is 0.00723. The molecular formula is C68H141Br2N9O20S4. The van der Waals surface area contributed by atoms with Crippen molar-refractivity contribution in [2.45, 2.75) is 160 Å². The van der Waals surface area contributed by atoms with Gasteiger partial charge in [0.25, 0.3) is 0 Å². The summed E-state index contributed by atoms with van der Waals surface area (Å²) in [5.41, 5.74) is 1.90. The standard InChI is InChI=1S/C39H78BrN7O7S.C12H24BrNO4S.C8H19NO3S.C5H10O3S.C3H6O2.CH4O/c1-36(2,32(48)41-19-14-13-15-27-55(52,53)28-26-54-12)29-37(3,33(49)42-20-16-23-45(6)7)30-38(4,34(50)43-21-17-24-46(8)9)31-39(5,40)35(51)44-22-18-25-47(10)11;1-12(2,13)11(15)14-7-5-4-6-9-19(16,17)10-8-18-3;1-12-6-8-13(10,11)7-4-2-3-5-9;1-3-9(6,7)5-4-8-2;1-3(4)5-2;1-2/h13-31H2,1-12H3,(H,41,48)(H,42,49)(H,43,50)(H,44,51);4-10H2,1-3H3,(H,14,15);2-9H2,1H3;3H,1,4-5H2,2H3;1-2H3;2H,1H3. The van der Waals surface area contributed by atoms with Crippen LogP contribution in [0.2, 0.25) is 0 Å². The Morgan fingerprint density at radius 2 is 0.718 bits per heavy atom. The molecule has 0 aliphatic carbocycles. The number of methoxy groups -OCH3 is 5.